The second-order valence-corrected chi connectivity index (χ2v) is 7.56. The Morgan fingerprint density at radius 1 is 0.500 bits per heavy atom. The molecule has 0 bridgehead atoms. The summed E-state index contributed by atoms with van der Waals surface area (Å²) in [5, 5.41) is 0. The van der Waals surface area contributed by atoms with Crippen molar-refractivity contribution in [1.29, 1.82) is 0 Å². The predicted molar refractivity (Wildman–Crippen MR) is 116 cm³/mol. The van der Waals surface area contributed by atoms with E-state index >= 15 is 0 Å². The van der Waals surface area contributed by atoms with Gasteiger partial charge in [-0.2, -0.15) is 0 Å². The minimum atomic E-state index is -0.335. The molecule has 0 aromatic heterocycles. The number of rotatable bonds is 18. The zero-order valence-corrected chi connectivity index (χ0v) is 18.9. The van der Waals surface area contributed by atoms with E-state index in [4.69, 9.17) is 9.47 Å². The van der Waals surface area contributed by atoms with Gasteiger partial charge in [0.15, 0.2) is 0 Å². The van der Waals surface area contributed by atoms with Gasteiger partial charge in [-0.05, 0) is 38.5 Å². The Morgan fingerprint density at radius 2 is 0.893 bits per heavy atom. The molecule has 0 amide bonds. The van der Waals surface area contributed by atoms with Gasteiger partial charge >= 0.3 is 11.9 Å². The lowest BCUT2D eigenvalue weighted by Crippen LogP contribution is -2.18. The maximum Gasteiger partial charge on any atom is 0.334 e. The molecule has 0 radical (unpaired) electrons. The summed E-state index contributed by atoms with van der Waals surface area (Å²) in [5.41, 5.74) is 1.09. The summed E-state index contributed by atoms with van der Waals surface area (Å²) in [4.78, 5) is 25.2. The molecule has 0 saturated carbocycles. The lowest BCUT2D eigenvalue weighted by atomic mass is 9.97. The molecule has 4 heteroatoms. The molecular formula is C24H44O4. The maximum atomic E-state index is 12.6. The minimum absolute atomic E-state index is 0.329. The fraction of sp³-hybridized carbons (Fsp3) is 0.833. The van der Waals surface area contributed by atoms with Gasteiger partial charge in [-0.1, -0.05) is 79.1 Å². The number of hydrogen-bond acceptors (Lipinski definition) is 4. The van der Waals surface area contributed by atoms with E-state index in [1.54, 1.807) is 0 Å². The van der Waals surface area contributed by atoms with Crippen molar-refractivity contribution in [2.24, 2.45) is 0 Å². The van der Waals surface area contributed by atoms with Crippen LogP contribution in [0, 0.1) is 0 Å². The first-order valence-electron chi connectivity index (χ1n) is 11.7. The third-order valence-electron chi connectivity index (χ3n) is 4.79. The molecular weight excluding hydrogens is 352 g/mol. The smallest absolute Gasteiger partial charge is 0.334 e. The van der Waals surface area contributed by atoms with E-state index in [1.807, 2.05) is 13.8 Å². The van der Waals surface area contributed by atoms with E-state index in [9.17, 15) is 9.59 Å². The molecule has 0 heterocycles. The van der Waals surface area contributed by atoms with Crippen molar-refractivity contribution in [2.75, 3.05) is 13.2 Å². The quantitative estimate of drug-likeness (QED) is 0.143. The Balaban J connectivity index is 4.96. The topological polar surface area (TPSA) is 52.6 Å². The van der Waals surface area contributed by atoms with Crippen molar-refractivity contribution < 1.29 is 19.1 Å². The molecule has 0 unspecified atom stereocenters. The third kappa shape index (κ3) is 13.0. The second-order valence-electron chi connectivity index (χ2n) is 7.56. The molecule has 0 N–H and O–H groups in total. The highest BCUT2D eigenvalue weighted by molar-refractivity contribution is 6.00. The van der Waals surface area contributed by atoms with Gasteiger partial charge in [-0.25, -0.2) is 9.59 Å². The second kappa shape index (κ2) is 19.0. The molecule has 0 aliphatic rings. The van der Waals surface area contributed by atoms with Crippen LogP contribution in [0.1, 0.15) is 118 Å². The molecule has 0 spiro atoms. The lowest BCUT2D eigenvalue weighted by molar-refractivity contribution is -0.142. The average Bonchev–Trinajstić information content (AvgIpc) is 2.70. The molecule has 0 aromatic carbocycles. The van der Waals surface area contributed by atoms with E-state index in [2.05, 4.69) is 13.8 Å². The first kappa shape index (κ1) is 26.7. The van der Waals surface area contributed by atoms with Crippen molar-refractivity contribution in [2.45, 2.75) is 118 Å². The maximum absolute atomic E-state index is 12.6. The van der Waals surface area contributed by atoms with Crippen molar-refractivity contribution in [3.05, 3.63) is 11.1 Å². The van der Waals surface area contributed by atoms with E-state index in [0.29, 0.717) is 37.2 Å². The van der Waals surface area contributed by atoms with Crippen LogP contribution in [0.25, 0.3) is 0 Å². The van der Waals surface area contributed by atoms with Gasteiger partial charge in [0.05, 0.1) is 13.2 Å². The summed E-state index contributed by atoms with van der Waals surface area (Å²) in [6.07, 6.45) is 14.2. The van der Waals surface area contributed by atoms with Crippen LogP contribution in [0.15, 0.2) is 11.1 Å². The van der Waals surface area contributed by atoms with Gasteiger partial charge in [-0.15, -0.1) is 0 Å². The minimum Gasteiger partial charge on any atom is -0.462 e. The molecule has 0 aromatic rings. The van der Waals surface area contributed by atoms with Crippen LogP contribution in [0.5, 0.6) is 0 Å². The monoisotopic (exact) mass is 396 g/mol. The first-order chi connectivity index (χ1) is 13.6. The summed E-state index contributed by atoms with van der Waals surface area (Å²) in [7, 11) is 0. The zero-order valence-electron chi connectivity index (χ0n) is 18.9. The van der Waals surface area contributed by atoms with Gasteiger partial charge in [0.25, 0.3) is 0 Å². The fourth-order valence-electron chi connectivity index (χ4n) is 3.11. The van der Waals surface area contributed by atoms with Crippen LogP contribution in [-0.2, 0) is 19.1 Å². The van der Waals surface area contributed by atoms with Gasteiger partial charge in [0.2, 0.25) is 0 Å². The zero-order chi connectivity index (χ0) is 21.0. The van der Waals surface area contributed by atoms with Crippen LogP contribution in [-0.4, -0.2) is 25.2 Å². The summed E-state index contributed by atoms with van der Waals surface area (Å²) >= 11 is 0. The van der Waals surface area contributed by atoms with Crippen molar-refractivity contribution in [3.63, 3.8) is 0 Å². The lowest BCUT2D eigenvalue weighted by Gasteiger charge is -2.14. The van der Waals surface area contributed by atoms with Crippen molar-refractivity contribution in [1.82, 2.24) is 0 Å². The number of carbonyl (C=O) groups excluding carboxylic acids is 2. The molecule has 0 aliphatic heterocycles. The third-order valence-corrected chi connectivity index (χ3v) is 4.79. The van der Waals surface area contributed by atoms with Crippen LogP contribution >= 0.6 is 0 Å². The van der Waals surface area contributed by atoms with Crippen molar-refractivity contribution in [3.8, 4) is 0 Å². The Kier molecular flexibility index (Phi) is 18.1. The average molecular weight is 397 g/mol. The van der Waals surface area contributed by atoms with Crippen LogP contribution in [0.3, 0.4) is 0 Å². The number of esters is 2. The largest absolute Gasteiger partial charge is 0.462 e. The molecule has 0 saturated heterocycles. The number of ether oxygens (including phenoxy) is 2. The van der Waals surface area contributed by atoms with Crippen molar-refractivity contribution >= 4 is 11.9 Å². The normalized spacial score (nSPS) is 11.9. The van der Waals surface area contributed by atoms with Gasteiger partial charge in [-0.3, -0.25) is 0 Å². The van der Waals surface area contributed by atoms with Gasteiger partial charge in [0.1, 0.15) is 0 Å². The molecule has 0 aliphatic carbocycles. The summed E-state index contributed by atoms with van der Waals surface area (Å²) in [6.45, 7) is 9.05. The Morgan fingerprint density at radius 3 is 1.32 bits per heavy atom. The number of carbonyl (C=O) groups is 2. The fourth-order valence-corrected chi connectivity index (χ4v) is 3.11. The van der Waals surface area contributed by atoms with Gasteiger partial charge in [0, 0.05) is 11.1 Å². The first-order valence-corrected chi connectivity index (χ1v) is 11.7. The van der Waals surface area contributed by atoms with E-state index in [1.165, 1.54) is 38.5 Å². The summed E-state index contributed by atoms with van der Waals surface area (Å²) < 4.78 is 10.8. The molecule has 0 atom stereocenters. The highest BCUT2D eigenvalue weighted by Crippen LogP contribution is 2.22. The van der Waals surface area contributed by atoms with Gasteiger partial charge < -0.3 is 9.47 Å². The van der Waals surface area contributed by atoms with E-state index in [0.717, 1.165) is 38.5 Å². The van der Waals surface area contributed by atoms with Crippen LogP contribution in [0.2, 0.25) is 0 Å². The number of hydrogen-bond donors (Lipinski definition) is 0. The van der Waals surface area contributed by atoms with Crippen LogP contribution in [0.4, 0.5) is 0 Å². The van der Waals surface area contributed by atoms with E-state index < -0.39 is 0 Å². The summed E-state index contributed by atoms with van der Waals surface area (Å²) in [5.74, 6) is -0.664. The molecule has 4 nitrogen and oxygen atoms in total. The molecule has 164 valence electrons. The summed E-state index contributed by atoms with van der Waals surface area (Å²) in [6, 6.07) is 0. The Hall–Kier alpha value is -1.32. The Labute approximate surface area is 173 Å². The van der Waals surface area contributed by atoms with E-state index in [-0.39, 0.29) is 11.9 Å². The predicted octanol–water partition coefficient (Wildman–Crippen LogP) is 6.91. The highest BCUT2D eigenvalue weighted by Gasteiger charge is 2.22. The SMILES string of the molecule is CCCCCCCCCC/C(C(=O)OCCC)=C(\CCCC)C(=O)OCCC. The molecule has 28 heavy (non-hydrogen) atoms. The Bertz CT molecular complexity index is 440. The standard InChI is InChI=1S/C24H44O4/c1-5-9-11-12-13-14-15-16-18-22(24(26)28-20-8-4)21(17-10-6-2)23(25)27-19-7-3/h5-20H2,1-4H3/b22-21-. The molecule has 0 rings (SSSR count). The molecule has 0 fully saturated rings. The number of unbranched alkanes of at least 4 members (excludes halogenated alkanes) is 8. The van der Waals surface area contributed by atoms with Crippen LogP contribution < -0.4 is 0 Å². The highest BCUT2D eigenvalue weighted by atomic mass is 16.5.